The van der Waals surface area contributed by atoms with Gasteiger partial charge in [0, 0.05) is 41.1 Å². The SMILES string of the molecule is CCN(CC)C(=O)c1ccc(NCC(=O)Nc2ccc(C(=O)NC(C)(C)C)cc2)cc1. The van der Waals surface area contributed by atoms with Gasteiger partial charge in [-0.15, -0.1) is 0 Å². The second-order valence-corrected chi connectivity index (χ2v) is 8.24. The lowest BCUT2D eigenvalue weighted by atomic mass is 10.1. The van der Waals surface area contributed by atoms with E-state index in [4.69, 9.17) is 0 Å². The summed E-state index contributed by atoms with van der Waals surface area (Å²) in [6, 6.07) is 13.8. The van der Waals surface area contributed by atoms with Gasteiger partial charge in [0.2, 0.25) is 5.91 Å². The fourth-order valence-electron chi connectivity index (χ4n) is 2.93. The van der Waals surface area contributed by atoms with Crippen LogP contribution >= 0.6 is 0 Å². The van der Waals surface area contributed by atoms with E-state index in [-0.39, 0.29) is 29.8 Å². The van der Waals surface area contributed by atoms with Gasteiger partial charge in [-0.3, -0.25) is 14.4 Å². The van der Waals surface area contributed by atoms with E-state index < -0.39 is 0 Å². The highest BCUT2D eigenvalue weighted by Gasteiger charge is 2.15. The normalized spacial score (nSPS) is 10.9. The van der Waals surface area contributed by atoms with Gasteiger partial charge in [0.05, 0.1) is 6.54 Å². The lowest BCUT2D eigenvalue weighted by Gasteiger charge is -2.20. The lowest BCUT2D eigenvalue weighted by molar-refractivity contribution is -0.114. The zero-order valence-electron chi connectivity index (χ0n) is 18.9. The monoisotopic (exact) mass is 424 g/mol. The molecule has 0 spiro atoms. The summed E-state index contributed by atoms with van der Waals surface area (Å²) in [6.45, 7) is 11.1. The fraction of sp³-hybridized carbons (Fsp3) is 0.375. The number of carbonyl (C=O) groups is 3. The Morgan fingerprint density at radius 2 is 1.32 bits per heavy atom. The molecule has 2 rings (SSSR count). The molecule has 7 nitrogen and oxygen atoms in total. The number of nitrogens with zero attached hydrogens (tertiary/aromatic N) is 1. The molecule has 0 saturated heterocycles. The molecule has 0 fully saturated rings. The molecule has 0 atom stereocenters. The van der Waals surface area contributed by atoms with Crippen molar-refractivity contribution in [2.75, 3.05) is 30.3 Å². The van der Waals surface area contributed by atoms with Crippen LogP contribution < -0.4 is 16.0 Å². The number of nitrogens with one attached hydrogen (secondary N) is 3. The number of hydrogen-bond acceptors (Lipinski definition) is 4. The molecule has 0 aliphatic heterocycles. The van der Waals surface area contributed by atoms with Crippen LogP contribution in [-0.2, 0) is 4.79 Å². The summed E-state index contributed by atoms with van der Waals surface area (Å²) >= 11 is 0. The van der Waals surface area contributed by atoms with E-state index in [1.54, 1.807) is 53.4 Å². The number of amides is 3. The maximum Gasteiger partial charge on any atom is 0.253 e. The zero-order valence-corrected chi connectivity index (χ0v) is 18.9. The van der Waals surface area contributed by atoms with Crippen molar-refractivity contribution in [3.05, 3.63) is 59.7 Å². The van der Waals surface area contributed by atoms with Crippen molar-refractivity contribution in [1.82, 2.24) is 10.2 Å². The Labute approximate surface area is 184 Å². The van der Waals surface area contributed by atoms with Crippen LogP contribution in [-0.4, -0.2) is 47.8 Å². The Balaban J connectivity index is 1.86. The van der Waals surface area contributed by atoms with Gasteiger partial charge < -0.3 is 20.9 Å². The van der Waals surface area contributed by atoms with Gasteiger partial charge in [0.25, 0.3) is 11.8 Å². The molecule has 0 bridgehead atoms. The summed E-state index contributed by atoms with van der Waals surface area (Å²) < 4.78 is 0. The predicted octanol–water partition coefficient (Wildman–Crippen LogP) is 3.75. The minimum absolute atomic E-state index is 0.00563. The first-order valence-electron chi connectivity index (χ1n) is 10.5. The van der Waals surface area contributed by atoms with E-state index in [2.05, 4.69) is 16.0 Å². The Bertz CT molecular complexity index is 896. The lowest BCUT2D eigenvalue weighted by Crippen LogP contribution is -2.40. The maximum atomic E-state index is 12.3. The molecule has 0 aromatic heterocycles. The molecule has 0 heterocycles. The van der Waals surface area contributed by atoms with Crippen LogP contribution in [0.2, 0.25) is 0 Å². The topological polar surface area (TPSA) is 90.5 Å². The number of benzene rings is 2. The molecular formula is C24H32N4O3. The van der Waals surface area contributed by atoms with Crippen molar-refractivity contribution in [3.8, 4) is 0 Å². The highest BCUT2D eigenvalue weighted by atomic mass is 16.2. The van der Waals surface area contributed by atoms with Gasteiger partial charge in [-0.05, 0) is 83.1 Å². The third-order valence-corrected chi connectivity index (χ3v) is 4.55. The van der Waals surface area contributed by atoms with Crippen LogP contribution in [0.3, 0.4) is 0 Å². The van der Waals surface area contributed by atoms with Crippen molar-refractivity contribution in [2.24, 2.45) is 0 Å². The molecule has 166 valence electrons. The van der Waals surface area contributed by atoms with Crippen molar-refractivity contribution < 1.29 is 14.4 Å². The summed E-state index contributed by atoms with van der Waals surface area (Å²) in [5, 5.41) is 8.73. The minimum Gasteiger partial charge on any atom is -0.376 e. The first kappa shape index (κ1) is 23.9. The minimum atomic E-state index is -0.313. The predicted molar refractivity (Wildman–Crippen MR) is 124 cm³/mol. The second kappa shape index (κ2) is 10.6. The fourth-order valence-corrected chi connectivity index (χ4v) is 2.93. The van der Waals surface area contributed by atoms with E-state index in [0.29, 0.717) is 29.9 Å². The molecule has 31 heavy (non-hydrogen) atoms. The third kappa shape index (κ3) is 7.44. The highest BCUT2D eigenvalue weighted by molar-refractivity contribution is 5.97. The Morgan fingerprint density at radius 3 is 1.84 bits per heavy atom. The average molecular weight is 425 g/mol. The van der Waals surface area contributed by atoms with Gasteiger partial charge >= 0.3 is 0 Å². The van der Waals surface area contributed by atoms with Crippen LogP contribution in [0.1, 0.15) is 55.3 Å². The van der Waals surface area contributed by atoms with E-state index in [9.17, 15) is 14.4 Å². The van der Waals surface area contributed by atoms with Gasteiger partial charge in [-0.25, -0.2) is 0 Å². The maximum absolute atomic E-state index is 12.3. The Kier molecular flexibility index (Phi) is 8.19. The van der Waals surface area contributed by atoms with Crippen LogP contribution in [0.4, 0.5) is 11.4 Å². The summed E-state index contributed by atoms with van der Waals surface area (Å²) in [6.07, 6.45) is 0. The molecule has 0 aliphatic rings. The number of anilines is 2. The molecule has 3 amide bonds. The summed E-state index contributed by atoms with van der Waals surface area (Å²) in [5.74, 6) is -0.376. The quantitative estimate of drug-likeness (QED) is 0.602. The number of carbonyl (C=O) groups excluding carboxylic acids is 3. The summed E-state index contributed by atoms with van der Waals surface area (Å²) in [5.41, 5.74) is 2.20. The highest BCUT2D eigenvalue weighted by Crippen LogP contribution is 2.13. The second-order valence-electron chi connectivity index (χ2n) is 8.24. The standard InChI is InChI=1S/C24H32N4O3/c1-6-28(7-2)23(31)18-10-12-19(13-11-18)25-16-21(29)26-20-14-8-17(9-15-20)22(30)27-24(3,4)5/h8-15,25H,6-7,16H2,1-5H3,(H,26,29)(H,27,30). The molecular weight excluding hydrogens is 392 g/mol. The van der Waals surface area contributed by atoms with Crippen molar-refractivity contribution >= 4 is 29.1 Å². The number of rotatable bonds is 8. The van der Waals surface area contributed by atoms with Gasteiger partial charge in [-0.2, -0.15) is 0 Å². The molecule has 2 aromatic carbocycles. The van der Waals surface area contributed by atoms with Gasteiger partial charge in [0.1, 0.15) is 0 Å². The smallest absolute Gasteiger partial charge is 0.253 e. The van der Waals surface area contributed by atoms with Crippen LogP contribution in [0, 0.1) is 0 Å². The molecule has 2 aromatic rings. The summed E-state index contributed by atoms with van der Waals surface area (Å²) in [4.78, 5) is 38.5. The summed E-state index contributed by atoms with van der Waals surface area (Å²) in [7, 11) is 0. The molecule has 0 radical (unpaired) electrons. The molecule has 0 unspecified atom stereocenters. The first-order valence-corrected chi connectivity index (χ1v) is 10.5. The van der Waals surface area contributed by atoms with Gasteiger partial charge in [-0.1, -0.05) is 0 Å². The van der Waals surface area contributed by atoms with E-state index in [1.165, 1.54) is 0 Å². The largest absolute Gasteiger partial charge is 0.376 e. The molecule has 0 saturated carbocycles. The Hall–Kier alpha value is -3.35. The van der Waals surface area contributed by atoms with E-state index in [0.717, 1.165) is 5.69 Å². The molecule has 7 heteroatoms. The molecule has 3 N–H and O–H groups in total. The van der Waals surface area contributed by atoms with E-state index >= 15 is 0 Å². The van der Waals surface area contributed by atoms with Crippen molar-refractivity contribution in [3.63, 3.8) is 0 Å². The van der Waals surface area contributed by atoms with Gasteiger partial charge in [0.15, 0.2) is 0 Å². The van der Waals surface area contributed by atoms with Crippen LogP contribution in [0.15, 0.2) is 48.5 Å². The number of hydrogen-bond donors (Lipinski definition) is 3. The molecule has 0 aliphatic carbocycles. The third-order valence-electron chi connectivity index (χ3n) is 4.55. The first-order chi connectivity index (χ1) is 14.6. The van der Waals surface area contributed by atoms with Crippen molar-refractivity contribution in [1.29, 1.82) is 0 Å². The van der Waals surface area contributed by atoms with Crippen molar-refractivity contribution in [2.45, 2.75) is 40.2 Å². The van der Waals surface area contributed by atoms with E-state index in [1.807, 2.05) is 34.6 Å². The van der Waals surface area contributed by atoms with Crippen LogP contribution in [0.25, 0.3) is 0 Å². The zero-order chi connectivity index (χ0) is 23.0. The van der Waals surface area contributed by atoms with Crippen LogP contribution in [0.5, 0.6) is 0 Å². The average Bonchev–Trinajstić information content (AvgIpc) is 2.72. The Morgan fingerprint density at radius 1 is 0.806 bits per heavy atom.